The number of hydrogen-bond donors (Lipinski definition) is 0. The van der Waals surface area contributed by atoms with Gasteiger partial charge in [0.05, 0.1) is 6.20 Å². The summed E-state index contributed by atoms with van der Waals surface area (Å²) >= 11 is 0. The van der Waals surface area contributed by atoms with Crippen LogP contribution in [0, 0.1) is 12.8 Å². The molecule has 0 saturated carbocycles. The van der Waals surface area contributed by atoms with Crippen LogP contribution in [-0.4, -0.2) is 70.3 Å². The third-order valence-electron chi connectivity index (χ3n) is 5.19. The van der Waals surface area contributed by atoms with Gasteiger partial charge in [-0.1, -0.05) is 0 Å². The molecule has 1 aromatic heterocycles. The number of nitrogens with zero attached hydrogens (tertiary/aromatic N) is 5. The summed E-state index contributed by atoms with van der Waals surface area (Å²) in [5.74, 6) is 0.597. The van der Waals surface area contributed by atoms with Crippen LogP contribution < -0.4 is 0 Å². The van der Waals surface area contributed by atoms with E-state index >= 15 is 0 Å². The second kappa shape index (κ2) is 5.91. The SMILES string of the molecule is Cc1c(CN2C[C@@H]3CC[C@H]2CN(C(=O)N(C)C)C3)cnn1C. The number of rotatable bonds is 2. The standard InChI is InChI=1S/C16H27N5O/c1-12-14(7-17-19(12)4)10-20-8-13-5-6-15(20)11-21(9-13)16(22)18(2)3/h7,13,15H,5-6,8-11H2,1-4H3/t13-,15-/m0/s1. The van der Waals surface area contributed by atoms with Crippen molar-refractivity contribution in [2.75, 3.05) is 33.7 Å². The van der Waals surface area contributed by atoms with Gasteiger partial charge < -0.3 is 9.80 Å². The summed E-state index contributed by atoms with van der Waals surface area (Å²) in [4.78, 5) is 18.6. The number of urea groups is 1. The summed E-state index contributed by atoms with van der Waals surface area (Å²) in [7, 11) is 5.67. The van der Waals surface area contributed by atoms with Crippen molar-refractivity contribution < 1.29 is 4.79 Å². The zero-order valence-corrected chi connectivity index (χ0v) is 14.1. The largest absolute Gasteiger partial charge is 0.331 e. The lowest BCUT2D eigenvalue weighted by molar-refractivity contribution is 0.122. The van der Waals surface area contributed by atoms with E-state index in [1.165, 1.54) is 24.1 Å². The highest BCUT2D eigenvalue weighted by Gasteiger charge is 2.37. The molecule has 2 atom stereocenters. The van der Waals surface area contributed by atoms with Crippen LogP contribution in [0.25, 0.3) is 0 Å². The maximum Gasteiger partial charge on any atom is 0.319 e. The topological polar surface area (TPSA) is 44.6 Å². The number of piperidine rings is 1. The van der Waals surface area contributed by atoms with E-state index in [4.69, 9.17) is 0 Å². The molecule has 2 bridgehead atoms. The fourth-order valence-electron chi connectivity index (χ4n) is 3.73. The van der Waals surface area contributed by atoms with Crippen LogP contribution in [0.15, 0.2) is 6.20 Å². The van der Waals surface area contributed by atoms with Crippen LogP contribution in [0.2, 0.25) is 0 Å². The maximum absolute atomic E-state index is 12.3. The fraction of sp³-hybridized carbons (Fsp3) is 0.750. The summed E-state index contributed by atoms with van der Waals surface area (Å²) in [5, 5.41) is 4.35. The molecule has 0 N–H and O–H groups in total. The van der Waals surface area contributed by atoms with Crippen molar-refractivity contribution in [2.45, 2.75) is 32.4 Å². The number of aromatic nitrogens is 2. The Labute approximate surface area is 132 Å². The summed E-state index contributed by atoms with van der Waals surface area (Å²) in [6, 6.07) is 0.624. The minimum absolute atomic E-state index is 0.149. The zero-order chi connectivity index (χ0) is 15.9. The molecule has 3 aliphatic rings. The molecule has 6 heteroatoms. The van der Waals surface area contributed by atoms with Gasteiger partial charge in [-0.3, -0.25) is 9.58 Å². The zero-order valence-electron chi connectivity index (χ0n) is 14.1. The molecule has 3 aliphatic heterocycles. The molecule has 122 valence electrons. The summed E-state index contributed by atoms with van der Waals surface area (Å²) in [5.41, 5.74) is 2.54. The third kappa shape index (κ3) is 2.84. The van der Waals surface area contributed by atoms with Crippen molar-refractivity contribution >= 4 is 6.03 Å². The molecule has 0 aromatic carbocycles. The van der Waals surface area contributed by atoms with E-state index in [9.17, 15) is 4.79 Å². The normalized spacial score (nSPS) is 25.4. The van der Waals surface area contributed by atoms with Gasteiger partial charge in [-0.25, -0.2) is 4.79 Å². The minimum Gasteiger partial charge on any atom is -0.331 e. The molecular weight excluding hydrogens is 278 g/mol. The molecule has 3 saturated heterocycles. The van der Waals surface area contributed by atoms with Gasteiger partial charge in [-0.15, -0.1) is 0 Å². The first kappa shape index (κ1) is 15.3. The number of amides is 2. The molecule has 4 heterocycles. The number of carbonyl (C=O) groups excluding carboxylic acids is 1. The molecule has 4 rings (SSSR count). The Morgan fingerprint density at radius 2 is 2.09 bits per heavy atom. The predicted octanol–water partition coefficient (Wildman–Crippen LogP) is 1.31. The van der Waals surface area contributed by atoms with Crippen molar-refractivity contribution in [2.24, 2.45) is 13.0 Å². The minimum atomic E-state index is 0.149. The Bertz CT molecular complexity index is 553. The molecule has 0 spiro atoms. The third-order valence-corrected chi connectivity index (χ3v) is 5.19. The molecule has 22 heavy (non-hydrogen) atoms. The molecule has 2 amide bonds. The Hall–Kier alpha value is -1.56. The van der Waals surface area contributed by atoms with Crippen molar-refractivity contribution in [3.8, 4) is 0 Å². The van der Waals surface area contributed by atoms with Gasteiger partial charge in [0.25, 0.3) is 0 Å². The molecule has 0 unspecified atom stereocenters. The second-order valence-electron chi connectivity index (χ2n) is 6.99. The fourth-order valence-corrected chi connectivity index (χ4v) is 3.73. The average Bonchev–Trinajstić information content (AvgIpc) is 2.70. The van der Waals surface area contributed by atoms with E-state index in [1.807, 2.05) is 36.9 Å². The van der Waals surface area contributed by atoms with E-state index in [2.05, 4.69) is 16.9 Å². The first-order valence-corrected chi connectivity index (χ1v) is 8.13. The Balaban J connectivity index is 1.73. The van der Waals surface area contributed by atoms with Crippen molar-refractivity contribution in [3.05, 3.63) is 17.5 Å². The molecule has 0 aliphatic carbocycles. The highest BCUT2D eigenvalue weighted by molar-refractivity contribution is 5.74. The highest BCUT2D eigenvalue weighted by Crippen LogP contribution is 2.29. The molecule has 0 radical (unpaired) electrons. The lowest BCUT2D eigenvalue weighted by atomic mass is 9.94. The first-order chi connectivity index (χ1) is 10.5. The number of carbonyl (C=O) groups is 1. The van der Waals surface area contributed by atoms with Gasteiger partial charge in [-0.05, 0) is 25.7 Å². The maximum atomic E-state index is 12.3. The van der Waals surface area contributed by atoms with Gasteiger partial charge in [-0.2, -0.15) is 5.10 Å². The van der Waals surface area contributed by atoms with Crippen LogP contribution in [0.4, 0.5) is 4.79 Å². The second-order valence-corrected chi connectivity index (χ2v) is 6.99. The van der Waals surface area contributed by atoms with E-state index < -0.39 is 0 Å². The van der Waals surface area contributed by atoms with Crippen molar-refractivity contribution in [1.29, 1.82) is 0 Å². The van der Waals surface area contributed by atoms with E-state index in [1.54, 1.807) is 4.90 Å². The van der Waals surface area contributed by atoms with E-state index in [0.29, 0.717) is 12.0 Å². The number of hydrogen-bond acceptors (Lipinski definition) is 3. The Morgan fingerprint density at radius 1 is 1.32 bits per heavy atom. The molecule has 3 fully saturated rings. The summed E-state index contributed by atoms with van der Waals surface area (Å²) < 4.78 is 1.94. The van der Waals surface area contributed by atoms with Crippen LogP contribution >= 0.6 is 0 Å². The number of fused-ring (bicyclic) bond motifs is 4. The Morgan fingerprint density at radius 3 is 2.73 bits per heavy atom. The van der Waals surface area contributed by atoms with Crippen LogP contribution in [0.5, 0.6) is 0 Å². The van der Waals surface area contributed by atoms with Crippen molar-refractivity contribution in [3.63, 3.8) is 0 Å². The molecule has 1 aromatic rings. The summed E-state index contributed by atoms with van der Waals surface area (Å²) in [6.45, 7) is 5.92. The number of aryl methyl sites for hydroxylation is 1. The van der Waals surface area contributed by atoms with E-state index in [0.717, 1.165) is 26.2 Å². The quantitative estimate of drug-likeness (QED) is 0.827. The van der Waals surface area contributed by atoms with Crippen LogP contribution in [-0.2, 0) is 13.6 Å². The molecular formula is C16H27N5O. The summed E-state index contributed by atoms with van der Waals surface area (Å²) in [6.07, 6.45) is 4.42. The average molecular weight is 305 g/mol. The van der Waals surface area contributed by atoms with Gasteiger partial charge in [0, 0.05) is 64.6 Å². The lowest BCUT2D eigenvalue weighted by Gasteiger charge is -2.35. The van der Waals surface area contributed by atoms with E-state index in [-0.39, 0.29) is 6.03 Å². The monoisotopic (exact) mass is 305 g/mol. The first-order valence-electron chi connectivity index (χ1n) is 8.13. The van der Waals surface area contributed by atoms with Gasteiger partial charge in [0.1, 0.15) is 0 Å². The van der Waals surface area contributed by atoms with Gasteiger partial charge in [0.2, 0.25) is 0 Å². The lowest BCUT2D eigenvalue weighted by Crippen LogP contribution is -2.45. The molecule has 6 nitrogen and oxygen atoms in total. The van der Waals surface area contributed by atoms with Crippen LogP contribution in [0.1, 0.15) is 24.1 Å². The van der Waals surface area contributed by atoms with Crippen LogP contribution in [0.3, 0.4) is 0 Å². The Kier molecular flexibility index (Phi) is 4.12. The van der Waals surface area contributed by atoms with Crippen molar-refractivity contribution in [1.82, 2.24) is 24.5 Å². The van der Waals surface area contributed by atoms with Gasteiger partial charge >= 0.3 is 6.03 Å². The highest BCUT2D eigenvalue weighted by atomic mass is 16.2. The van der Waals surface area contributed by atoms with Gasteiger partial charge in [0.15, 0.2) is 0 Å². The smallest absolute Gasteiger partial charge is 0.319 e. The predicted molar refractivity (Wildman–Crippen MR) is 85.5 cm³/mol.